The molecule has 2 amide bonds. The molecule has 1 aromatic carbocycles. The highest BCUT2D eigenvalue weighted by atomic mass is 16.2. The van der Waals surface area contributed by atoms with Crippen LogP contribution in [0.15, 0.2) is 60.0 Å². The van der Waals surface area contributed by atoms with Gasteiger partial charge in [-0.15, -0.1) is 0 Å². The minimum Gasteiger partial charge on any atom is -0.368 e. The van der Waals surface area contributed by atoms with Crippen molar-refractivity contribution in [3.05, 3.63) is 60.4 Å². The molecule has 1 aromatic heterocycles. The van der Waals surface area contributed by atoms with E-state index in [1.807, 2.05) is 47.4 Å². The van der Waals surface area contributed by atoms with Gasteiger partial charge in [0.05, 0.1) is 5.69 Å². The summed E-state index contributed by atoms with van der Waals surface area (Å²) in [7, 11) is 0. The van der Waals surface area contributed by atoms with Gasteiger partial charge in [-0.1, -0.05) is 18.2 Å². The van der Waals surface area contributed by atoms with Crippen LogP contribution in [0.25, 0.3) is 0 Å². The number of anilines is 1. The second kappa shape index (κ2) is 8.40. The average Bonchev–Trinajstić information content (AvgIpc) is 3.21. The van der Waals surface area contributed by atoms with E-state index in [1.54, 1.807) is 17.4 Å². The highest BCUT2D eigenvalue weighted by Gasteiger charge is 2.37. The summed E-state index contributed by atoms with van der Waals surface area (Å²) >= 11 is 0. The number of hydrogen-bond donors (Lipinski definition) is 1. The first-order valence-electron chi connectivity index (χ1n) is 9.73. The van der Waals surface area contributed by atoms with Gasteiger partial charge in [-0.2, -0.15) is 5.10 Å². The number of rotatable bonds is 5. The fourth-order valence-corrected chi connectivity index (χ4v) is 3.72. The van der Waals surface area contributed by atoms with Crippen molar-refractivity contribution in [3.63, 3.8) is 0 Å². The first-order chi connectivity index (χ1) is 14.1. The number of amides is 2. The summed E-state index contributed by atoms with van der Waals surface area (Å²) in [5, 5.41) is 6.02. The van der Waals surface area contributed by atoms with Crippen LogP contribution in [0.3, 0.4) is 0 Å². The summed E-state index contributed by atoms with van der Waals surface area (Å²) in [4.78, 5) is 33.1. The molecule has 29 heavy (non-hydrogen) atoms. The second-order valence-electron chi connectivity index (χ2n) is 7.27. The van der Waals surface area contributed by atoms with Crippen molar-refractivity contribution in [2.45, 2.75) is 19.0 Å². The maximum absolute atomic E-state index is 13.0. The number of aromatic nitrogens is 1. The predicted octanol–water partition coefficient (Wildman–Crippen LogP) is 0.846. The molecule has 0 aliphatic carbocycles. The molecule has 1 atom stereocenters. The van der Waals surface area contributed by atoms with Crippen LogP contribution in [0.1, 0.15) is 12.0 Å². The van der Waals surface area contributed by atoms with Crippen molar-refractivity contribution >= 4 is 23.2 Å². The van der Waals surface area contributed by atoms with Crippen molar-refractivity contribution < 1.29 is 9.59 Å². The van der Waals surface area contributed by atoms with E-state index in [0.29, 0.717) is 18.8 Å². The fraction of sp³-hybridized carbons (Fsp3) is 0.333. The topological polar surface area (TPSA) is 95.1 Å². The average molecular weight is 392 g/mol. The highest BCUT2D eigenvalue weighted by molar-refractivity contribution is 6.40. The Morgan fingerprint density at radius 2 is 1.69 bits per heavy atom. The zero-order valence-electron chi connectivity index (χ0n) is 16.1. The minimum atomic E-state index is -0.635. The Kier molecular flexibility index (Phi) is 5.53. The molecule has 0 saturated carbocycles. The van der Waals surface area contributed by atoms with E-state index in [1.165, 1.54) is 5.56 Å². The van der Waals surface area contributed by atoms with E-state index in [0.717, 1.165) is 25.3 Å². The number of nitrogens with two attached hydrogens (primary N) is 1. The zero-order chi connectivity index (χ0) is 20.2. The van der Waals surface area contributed by atoms with Crippen molar-refractivity contribution in [2.24, 2.45) is 10.8 Å². The lowest BCUT2D eigenvalue weighted by molar-refractivity contribution is -0.125. The van der Waals surface area contributed by atoms with Crippen molar-refractivity contribution in [1.29, 1.82) is 0 Å². The summed E-state index contributed by atoms with van der Waals surface area (Å²) in [6, 6.07) is 12.7. The lowest BCUT2D eigenvalue weighted by atomic mass is 10.1. The van der Waals surface area contributed by atoms with Gasteiger partial charge in [-0.05, 0) is 29.8 Å². The summed E-state index contributed by atoms with van der Waals surface area (Å²) < 4.78 is 0. The second-order valence-corrected chi connectivity index (χ2v) is 7.27. The Bertz CT molecular complexity index is 894. The van der Waals surface area contributed by atoms with E-state index in [9.17, 15) is 9.59 Å². The molecule has 150 valence electrons. The third-order valence-electron chi connectivity index (χ3n) is 5.32. The molecule has 1 fully saturated rings. The van der Waals surface area contributed by atoms with Gasteiger partial charge >= 0.3 is 0 Å². The van der Waals surface area contributed by atoms with Crippen molar-refractivity contribution in [3.8, 4) is 0 Å². The molecule has 1 unspecified atom stereocenters. The van der Waals surface area contributed by atoms with Crippen LogP contribution in [-0.4, -0.2) is 64.5 Å². The smallest absolute Gasteiger partial charge is 0.270 e. The van der Waals surface area contributed by atoms with Gasteiger partial charge in [-0.3, -0.25) is 24.5 Å². The van der Waals surface area contributed by atoms with Gasteiger partial charge in [0.15, 0.2) is 0 Å². The van der Waals surface area contributed by atoms with Crippen LogP contribution in [0.5, 0.6) is 0 Å². The van der Waals surface area contributed by atoms with E-state index >= 15 is 0 Å². The lowest BCUT2D eigenvalue weighted by Crippen LogP contribution is -2.50. The van der Waals surface area contributed by atoms with Crippen LogP contribution < -0.4 is 10.7 Å². The number of hydrazone groups is 1. The monoisotopic (exact) mass is 392 g/mol. The number of hydrogen-bond acceptors (Lipinski definition) is 6. The Morgan fingerprint density at radius 3 is 2.34 bits per heavy atom. The number of carbonyl (C=O) groups is 2. The van der Waals surface area contributed by atoms with Crippen molar-refractivity contribution in [1.82, 2.24) is 14.8 Å². The Labute approximate surface area is 169 Å². The SMILES string of the molecule is NC(=O)C1CC(C(=O)N2CCN(Cc3ccncc3)CC2)=NN1c1ccccc1. The summed E-state index contributed by atoms with van der Waals surface area (Å²) in [5.41, 5.74) is 7.92. The van der Waals surface area contributed by atoms with Crippen LogP contribution in [0.2, 0.25) is 0 Å². The summed E-state index contributed by atoms with van der Waals surface area (Å²) in [6.45, 7) is 3.70. The Morgan fingerprint density at radius 1 is 1.00 bits per heavy atom. The van der Waals surface area contributed by atoms with Crippen LogP contribution in [0.4, 0.5) is 5.69 Å². The predicted molar refractivity (Wildman–Crippen MR) is 110 cm³/mol. The molecule has 1 saturated heterocycles. The Hall–Kier alpha value is -3.26. The van der Waals surface area contributed by atoms with E-state index in [4.69, 9.17) is 5.73 Å². The van der Waals surface area contributed by atoms with E-state index in [2.05, 4.69) is 15.0 Å². The summed E-state index contributed by atoms with van der Waals surface area (Å²) in [5.74, 6) is -0.596. The molecule has 0 radical (unpaired) electrons. The van der Waals surface area contributed by atoms with Crippen LogP contribution >= 0.6 is 0 Å². The minimum absolute atomic E-state index is 0.113. The normalized spacial score (nSPS) is 19.9. The molecule has 8 nitrogen and oxygen atoms in total. The zero-order valence-corrected chi connectivity index (χ0v) is 16.1. The fourth-order valence-electron chi connectivity index (χ4n) is 3.72. The lowest BCUT2D eigenvalue weighted by Gasteiger charge is -2.34. The maximum Gasteiger partial charge on any atom is 0.270 e. The van der Waals surface area contributed by atoms with Gasteiger partial charge < -0.3 is 10.6 Å². The van der Waals surface area contributed by atoms with Gasteiger partial charge in [0.1, 0.15) is 11.8 Å². The quantitative estimate of drug-likeness (QED) is 0.814. The van der Waals surface area contributed by atoms with Gasteiger partial charge in [0, 0.05) is 51.5 Å². The number of primary amides is 1. The molecule has 8 heteroatoms. The number of para-hydroxylation sites is 1. The molecule has 2 N–H and O–H groups in total. The highest BCUT2D eigenvalue weighted by Crippen LogP contribution is 2.25. The molecule has 2 aromatic rings. The standard InChI is InChI=1S/C21H24N6O2/c22-20(28)19-14-18(24-27(19)17-4-2-1-3-5-17)21(29)26-12-10-25(11-13-26)15-16-6-8-23-9-7-16/h1-9,19H,10-15H2,(H2,22,28). The molecular weight excluding hydrogens is 368 g/mol. The number of pyridine rings is 1. The number of benzene rings is 1. The first-order valence-corrected chi connectivity index (χ1v) is 9.73. The number of piperazine rings is 1. The third-order valence-corrected chi connectivity index (χ3v) is 5.32. The Balaban J connectivity index is 1.40. The first kappa shape index (κ1) is 19.1. The molecule has 0 spiro atoms. The number of nitrogens with zero attached hydrogens (tertiary/aromatic N) is 5. The molecule has 4 rings (SSSR count). The third kappa shape index (κ3) is 4.27. The van der Waals surface area contributed by atoms with E-state index in [-0.39, 0.29) is 12.3 Å². The molecule has 3 heterocycles. The van der Waals surface area contributed by atoms with Crippen molar-refractivity contribution in [2.75, 3.05) is 31.2 Å². The molecule has 2 aliphatic rings. The maximum atomic E-state index is 13.0. The van der Waals surface area contributed by atoms with Gasteiger partial charge in [0.2, 0.25) is 5.91 Å². The van der Waals surface area contributed by atoms with Crippen LogP contribution in [-0.2, 0) is 16.1 Å². The van der Waals surface area contributed by atoms with E-state index < -0.39 is 11.9 Å². The molecular formula is C21H24N6O2. The number of carbonyl (C=O) groups excluding carboxylic acids is 2. The van der Waals surface area contributed by atoms with Gasteiger partial charge in [0.25, 0.3) is 5.91 Å². The molecule has 0 bridgehead atoms. The van der Waals surface area contributed by atoms with Crippen LogP contribution in [0, 0.1) is 0 Å². The summed E-state index contributed by atoms with van der Waals surface area (Å²) in [6.07, 6.45) is 3.82. The molecule has 2 aliphatic heterocycles. The largest absolute Gasteiger partial charge is 0.368 e. The van der Waals surface area contributed by atoms with Gasteiger partial charge in [-0.25, -0.2) is 0 Å².